The second kappa shape index (κ2) is 11.9. The Hall–Kier alpha value is -2.15. The van der Waals surface area contributed by atoms with Crippen LogP contribution in [0.15, 0.2) is 52.5 Å². The third-order valence-electron chi connectivity index (χ3n) is 4.90. The van der Waals surface area contributed by atoms with Crippen molar-refractivity contribution in [2.45, 2.75) is 27.2 Å². The monoisotopic (exact) mass is 448 g/mol. The van der Waals surface area contributed by atoms with Crippen molar-refractivity contribution in [1.82, 2.24) is 4.90 Å². The summed E-state index contributed by atoms with van der Waals surface area (Å²) in [6.45, 7) is 9.09. The largest absolute Gasteiger partial charge is 0.463 e. The van der Waals surface area contributed by atoms with Crippen molar-refractivity contribution < 1.29 is 14.4 Å². The van der Waals surface area contributed by atoms with Crippen molar-refractivity contribution in [3.05, 3.63) is 68.9 Å². The van der Waals surface area contributed by atoms with E-state index in [0.717, 1.165) is 34.7 Å². The number of carbonyl (C=O) groups is 1. The molecular formula is C23H29ClN2O3S. The molecule has 30 heavy (non-hydrogen) atoms. The number of oxime groups is 1. The van der Waals surface area contributed by atoms with Gasteiger partial charge in [0.05, 0.1) is 11.5 Å². The lowest BCUT2D eigenvalue weighted by atomic mass is 10.0. The van der Waals surface area contributed by atoms with Crippen LogP contribution in [0.5, 0.6) is 0 Å². The zero-order chi connectivity index (χ0) is 20.6. The average Bonchev–Trinajstić information content (AvgIpc) is 3.15. The molecule has 7 heteroatoms. The minimum absolute atomic E-state index is 0. The number of benzene rings is 1. The lowest BCUT2D eigenvalue weighted by Crippen LogP contribution is -2.35. The number of thiophene rings is 1. The van der Waals surface area contributed by atoms with Crippen LogP contribution in [-0.2, 0) is 14.4 Å². The molecule has 0 unspecified atom stereocenters. The summed E-state index contributed by atoms with van der Waals surface area (Å²) in [5.74, 6) is -0.217. The molecule has 2 heterocycles. The number of halogens is 1. The fourth-order valence-corrected chi connectivity index (χ4v) is 4.24. The highest BCUT2D eigenvalue weighted by Crippen LogP contribution is 2.23. The summed E-state index contributed by atoms with van der Waals surface area (Å²) in [6.07, 6.45) is 2.82. The Kier molecular flexibility index (Phi) is 9.56. The summed E-state index contributed by atoms with van der Waals surface area (Å²) in [6, 6.07) is 10.3. The standard InChI is InChI=1S/C23H28N2O3S.ClH/c1-4-27-23(26)19-9-7-12-25(16-19)13-14-28-24-21(22-18(3)11-15-29-22)20-10-6-5-8-17(20)2;/h5-6,8-11,15H,4,7,12-14,16H2,1-3H3;1H/b24-21+;. The number of aryl methyl sites for hydroxylation is 2. The smallest absolute Gasteiger partial charge is 0.334 e. The number of hydrogen-bond acceptors (Lipinski definition) is 6. The second-order valence-electron chi connectivity index (χ2n) is 7.04. The molecule has 0 N–H and O–H groups in total. The van der Waals surface area contributed by atoms with Gasteiger partial charge in [-0.05, 0) is 49.8 Å². The van der Waals surface area contributed by atoms with Crippen LogP contribution < -0.4 is 0 Å². The Labute approximate surface area is 188 Å². The van der Waals surface area contributed by atoms with E-state index in [1.807, 2.05) is 25.1 Å². The van der Waals surface area contributed by atoms with Crippen LogP contribution in [0.25, 0.3) is 0 Å². The van der Waals surface area contributed by atoms with Crippen LogP contribution in [0.2, 0.25) is 0 Å². The molecule has 5 nitrogen and oxygen atoms in total. The van der Waals surface area contributed by atoms with E-state index < -0.39 is 0 Å². The number of esters is 1. The molecule has 0 radical (unpaired) electrons. The molecule has 162 valence electrons. The second-order valence-corrected chi connectivity index (χ2v) is 7.95. The minimum atomic E-state index is -0.217. The molecule has 1 aliphatic heterocycles. The van der Waals surface area contributed by atoms with Crippen molar-refractivity contribution in [2.75, 3.05) is 32.8 Å². The Bertz CT molecular complexity index is 907. The number of nitrogens with zero attached hydrogens (tertiary/aromatic N) is 2. The average molecular weight is 449 g/mol. The van der Waals surface area contributed by atoms with Gasteiger partial charge in [0.15, 0.2) is 0 Å². The zero-order valence-electron chi connectivity index (χ0n) is 17.7. The van der Waals surface area contributed by atoms with Crippen molar-refractivity contribution in [3.8, 4) is 0 Å². The molecule has 0 saturated carbocycles. The third-order valence-corrected chi connectivity index (χ3v) is 5.92. The van der Waals surface area contributed by atoms with E-state index in [-0.39, 0.29) is 18.4 Å². The summed E-state index contributed by atoms with van der Waals surface area (Å²) in [4.78, 5) is 21.0. The van der Waals surface area contributed by atoms with Crippen LogP contribution >= 0.6 is 23.7 Å². The fraction of sp³-hybridized carbons (Fsp3) is 0.391. The van der Waals surface area contributed by atoms with Crippen molar-refractivity contribution in [3.63, 3.8) is 0 Å². The minimum Gasteiger partial charge on any atom is -0.463 e. The molecule has 1 aromatic heterocycles. The topological polar surface area (TPSA) is 51.1 Å². The highest BCUT2D eigenvalue weighted by molar-refractivity contribution is 7.12. The van der Waals surface area contributed by atoms with Crippen molar-refractivity contribution in [1.29, 1.82) is 0 Å². The maximum atomic E-state index is 11.9. The molecule has 0 fully saturated rings. The summed E-state index contributed by atoms with van der Waals surface area (Å²) in [5.41, 5.74) is 5.06. The summed E-state index contributed by atoms with van der Waals surface area (Å²) < 4.78 is 5.11. The summed E-state index contributed by atoms with van der Waals surface area (Å²) >= 11 is 1.68. The van der Waals surface area contributed by atoms with Crippen LogP contribution in [-0.4, -0.2) is 49.4 Å². The van der Waals surface area contributed by atoms with Crippen LogP contribution in [0.4, 0.5) is 0 Å². The van der Waals surface area contributed by atoms with Gasteiger partial charge in [0.25, 0.3) is 0 Å². The maximum absolute atomic E-state index is 11.9. The van der Waals surface area contributed by atoms with E-state index >= 15 is 0 Å². The Morgan fingerprint density at radius 2 is 2.00 bits per heavy atom. The molecule has 0 atom stereocenters. The molecule has 0 bridgehead atoms. The highest BCUT2D eigenvalue weighted by atomic mass is 35.5. The van der Waals surface area contributed by atoms with Crippen LogP contribution in [0, 0.1) is 13.8 Å². The fourth-order valence-electron chi connectivity index (χ4n) is 3.32. The lowest BCUT2D eigenvalue weighted by molar-refractivity contribution is -0.139. The van der Waals surface area contributed by atoms with E-state index in [0.29, 0.717) is 26.3 Å². The molecule has 1 aromatic carbocycles. The van der Waals surface area contributed by atoms with Gasteiger partial charge in [0.2, 0.25) is 0 Å². The van der Waals surface area contributed by atoms with Gasteiger partial charge in [0.1, 0.15) is 12.3 Å². The van der Waals surface area contributed by atoms with Gasteiger partial charge in [-0.25, -0.2) is 4.79 Å². The molecule has 0 amide bonds. The Morgan fingerprint density at radius 3 is 2.70 bits per heavy atom. The summed E-state index contributed by atoms with van der Waals surface area (Å²) in [7, 11) is 0. The molecule has 0 spiro atoms. The molecule has 0 saturated heterocycles. The van der Waals surface area contributed by atoms with E-state index in [4.69, 9.17) is 9.57 Å². The van der Waals surface area contributed by atoms with Gasteiger partial charge < -0.3 is 9.57 Å². The predicted octanol–water partition coefficient (Wildman–Crippen LogP) is 4.75. The summed E-state index contributed by atoms with van der Waals surface area (Å²) in [5, 5.41) is 6.60. The van der Waals surface area contributed by atoms with E-state index in [2.05, 4.69) is 47.5 Å². The van der Waals surface area contributed by atoms with E-state index in [1.165, 1.54) is 11.1 Å². The first kappa shape index (κ1) is 24.1. The van der Waals surface area contributed by atoms with E-state index in [1.54, 1.807) is 11.3 Å². The number of ether oxygens (including phenoxy) is 1. The normalized spacial score (nSPS) is 14.6. The lowest BCUT2D eigenvalue weighted by Gasteiger charge is -2.25. The number of hydrogen-bond donors (Lipinski definition) is 0. The van der Waals surface area contributed by atoms with Gasteiger partial charge in [-0.15, -0.1) is 23.7 Å². The van der Waals surface area contributed by atoms with Gasteiger partial charge >= 0.3 is 5.97 Å². The SMILES string of the molecule is CCOC(=O)C1=CCCN(CCO/N=C(\c2ccccc2C)c2sccc2C)C1.Cl. The first-order chi connectivity index (χ1) is 14.1. The highest BCUT2D eigenvalue weighted by Gasteiger charge is 2.19. The number of carbonyl (C=O) groups excluding carboxylic acids is 1. The quantitative estimate of drug-likeness (QED) is 0.253. The maximum Gasteiger partial charge on any atom is 0.334 e. The molecular weight excluding hydrogens is 420 g/mol. The van der Waals surface area contributed by atoms with Gasteiger partial charge in [-0.3, -0.25) is 4.90 Å². The Balaban J connectivity index is 0.00000320. The van der Waals surface area contributed by atoms with Gasteiger partial charge in [0, 0.05) is 30.8 Å². The van der Waals surface area contributed by atoms with Crippen molar-refractivity contribution >= 4 is 35.4 Å². The molecule has 2 aromatic rings. The van der Waals surface area contributed by atoms with Gasteiger partial charge in [-0.2, -0.15) is 0 Å². The Morgan fingerprint density at radius 1 is 1.20 bits per heavy atom. The predicted molar refractivity (Wildman–Crippen MR) is 125 cm³/mol. The van der Waals surface area contributed by atoms with Crippen molar-refractivity contribution in [2.24, 2.45) is 5.16 Å². The molecule has 1 aliphatic rings. The first-order valence-corrected chi connectivity index (χ1v) is 10.9. The van der Waals surface area contributed by atoms with E-state index in [9.17, 15) is 4.79 Å². The van der Waals surface area contributed by atoms with Gasteiger partial charge in [-0.1, -0.05) is 35.5 Å². The zero-order valence-corrected chi connectivity index (χ0v) is 19.4. The molecule has 3 rings (SSSR count). The van der Waals surface area contributed by atoms with Crippen LogP contribution in [0.1, 0.15) is 34.9 Å². The number of rotatable bonds is 8. The molecule has 0 aliphatic carbocycles. The first-order valence-electron chi connectivity index (χ1n) is 9.99. The van der Waals surface area contributed by atoms with Crippen LogP contribution in [0.3, 0.4) is 0 Å². The third kappa shape index (κ3) is 6.17.